The third-order valence-corrected chi connectivity index (χ3v) is 4.19. The van der Waals surface area contributed by atoms with Gasteiger partial charge < -0.3 is 14.8 Å². The van der Waals surface area contributed by atoms with Crippen LogP contribution in [0.2, 0.25) is 0 Å². The Hall–Kier alpha value is -2.82. The second-order valence-corrected chi connectivity index (χ2v) is 5.80. The molecule has 2 heterocycles. The molecule has 0 unspecified atom stereocenters. The summed E-state index contributed by atoms with van der Waals surface area (Å²) in [6.45, 7) is 3.06. The van der Waals surface area contributed by atoms with Gasteiger partial charge in [-0.15, -0.1) is 0 Å². The SMILES string of the molecule is CCCCNc1ncc(-c2cccnc2)c2cc(OC)c(OC)cc12. The Labute approximate surface area is 148 Å². The molecule has 0 atom stereocenters. The van der Waals surface area contributed by atoms with Crippen LogP contribution in [0.4, 0.5) is 5.82 Å². The van der Waals surface area contributed by atoms with Crippen molar-refractivity contribution in [2.45, 2.75) is 19.8 Å². The average Bonchev–Trinajstić information content (AvgIpc) is 2.67. The third kappa shape index (κ3) is 3.50. The Kier molecular flexibility index (Phi) is 5.33. The number of hydrogen-bond acceptors (Lipinski definition) is 5. The fraction of sp³-hybridized carbons (Fsp3) is 0.300. The summed E-state index contributed by atoms with van der Waals surface area (Å²) in [5.41, 5.74) is 2.04. The van der Waals surface area contributed by atoms with Gasteiger partial charge in [0.2, 0.25) is 0 Å². The first-order valence-electron chi connectivity index (χ1n) is 8.47. The van der Waals surface area contributed by atoms with E-state index in [2.05, 4.69) is 22.2 Å². The Bertz CT molecular complexity index is 850. The molecule has 0 aliphatic rings. The van der Waals surface area contributed by atoms with Crippen LogP contribution in [0.25, 0.3) is 21.9 Å². The lowest BCUT2D eigenvalue weighted by atomic mass is 10.0. The van der Waals surface area contributed by atoms with Crippen LogP contribution < -0.4 is 14.8 Å². The van der Waals surface area contributed by atoms with Crippen molar-refractivity contribution in [3.05, 3.63) is 42.9 Å². The van der Waals surface area contributed by atoms with Gasteiger partial charge in [-0.1, -0.05) is 19.4 Å². The molecule has 0 bridgehead atoms. The molecular weight excluding hydrogens is 314 g/mol. The van der Waals surface area contributed by atoms with E-state index >= 15 is 0 Å². The van der Waals surface area contributed by atoms with Crippen molar-refractivity contribution < 1.29 is 9.47 Å². The van der Waals surface area contributed by atoms with E-state index in [0.29, 0.717) is 11.5 Å². The summed E-state index contributed by atoms with van der Waals surface area (Å²) in [6, 6.07) is 7.94. The van der Waals surface area contributed by atoms with Crippen LogP contribution in [0, 0.1) is 0 Å². The van der Waals surface area contributed by atoms with Gasteiger partial charge in [-0.05, 0) is 30.0 Å². The molecule has 3 aromatic rings. The molecule has 25 heavy (non-hydrogen) atoms. The van der Waals surface area contributed by atoms with Crippen LogP contribution in [0.1, 0.15) is 19.8 Å². The van der Waals surface area contributed by atoms with E-state index in [-0.39, 0.29) is 0 Å². The molecular formula is C20H23N3O2. The predicted molar refractivity (Wildman–Crippen MR) is 101 cm³/mol. The lowest BCUT2D eigenvalue weighted by Crippen LogP contribution is -2.04. The number of methoxy groups -OCH3 is 2. The maximum absolute atomic E-state index is 5.49. The lowest BCUT2D eigenvalue weighted by Gasteiger charge is -2.15. The number of nitrogens with zero attached hydrogens (tertiary/aromatic N) is 2. The smallest absolute Gasteiger partial charge is 0.161 e. The largest absolute Gasteiger partial charge is 0.493 e. The number of benzene rings is 1. The molecule has 0 aliphatic heterocycles. The predicted octanol–water partition coefficient (Wildman–Crippen LogP) is 4.53. The van der Waals surface area contributed by atoms with Gasteiger partial charge >= 0.3 is 0 Å². The second kappa shape index (κ2) is 7.83. The first kappa shape index (κ1) is 17.0. The molecule has 0 amide bonds. The van der Waals surface area contributed by atoms with E-state index in [9.17, 15) is 0 Å². The minimum absolute atomic E-state index is 0.693. The number of unbranched alkanes of at least 4 members (excludes halogenated alkanes) is 1. The highest BCUT2D eigenvalue weighted by molar-refractivity contribution is 6.03. The Balaban J connectivity index is 2.20. The van der Waals surface area contributed by atoms with Crippen molar-refractivity contribution in [2.24, 2.45) is 0 Å². The summed E-state index contributed by atoms with van der Waals surface area (Å²) in [4.78, 5) is 8.88. The number of ether oxygens (including phenoxy) is 2. The van der Waals surface area contributed by atoms with Gasteiger partial charge in [-0.3, -0.25) is 4.98 Å². The number of pyridine rings is 2. The average molecular weight is 337 g/mol. The van der Waals surface area contributed by atoms with Gasteiger partial charge in [0.25, 0.3) is 0 Å². The Morgan fingerprint density at radius 1 is 1.04 bits per heavy atom. The van der Waals surface area contributed by atoms with Gasteiger partial charge in [0.1, 0.15) is 5.82 Å². The summed E-state index contributed by atoms with van der Waals surface area (Å²) < 4.78 is 11.0. The van der Waals surface area contributed by atoms with Crippen molar-refractivity contribution in [1.29, 1.82) is 0 Å². The van der Waals surface area contributed by atoms with E-state index in [0.717, 1.165) is 47.1 Å². The fourth-order valence-electron chi connectivity index (χ4n) is 2.84. The molecule has 3 rings (SSSR count). The normalized spacial score (nSPS) is 10.7. The van der Waals surface area contributed by atoms with E-state index in [1.165, 1.54) is 0 Å². The zero-order valence-electron chi connectivity index (χ0n) is 14.9. The highest BCUT2D eigenvalue weighted by Gasteiger charge is 2.14. The van der Waals surface area contributed by atoms with E-state index < -0.39 is 0 Å². The van der Waals surface area contributed by atoms with Crippen LogP contribution in [-0.2, 0) is 0 Å². The minimum Gasteiger partial charge on any atom is -0.493 e. The van der Waals surface area contributed by atoms with Crippen LogP contribution in [0.5, 0.6) is 11.5 Å². The zero-order chi connectivity index (χ0) is 17.6. The summed E-state index contributed by atoms with van der Waals surface area (Å²) >= 11 is 0. The maximum atomic E-state index is 5.49. The standard InChI is InChI=1S/C20H23N3O2/c1-4-5-9-22-20-16-11-19(25-3)18(24-2)10-15(16)17(13-23-20)14-7-6-8-21-12-14/h6-8,10-13H,4-5,9H2,1-3H3,(H,22,23). The van der Waals surface area contributed by atoms with E-state index in [1.54, 1.807) is 20.4 Å². The van der Waals surface area contributed by atoms with Gasteiger partial charge in [-0.25, -0.2) is 4.98 Å². The highest BCUT2D eigenvalue weighted by atomic mass is 16.5. The Morgan fingerprint density at radius 2 is 1.80 bits per heavy atom. The number of nitrogens with one attached hydrogen (secondary N) is 1. The first-order valence-corrected chi connectivity index (χ1v) is 8.47. The quantitative estimate of drug-likeness (QED) is 0.642. The van der Waals surface area contributed by atoms with Crippen molar-refractivity contribution >= 4 is 16.6 Å². The number of rotatable bonds is 7. The van der Waals surface area contributed by atoms with Crippen molar-refractivity contribution in [1.82, 2.24) is 9.97 Å². The molecule has 0 radical (unpaired) electrons. The second-order valence-electron chi connectivity index (χ2n) is 5.80. The number of fused-ring (bicyclic) bond motifs is 1. The first-order chi connectivity index (χ1) is 12.3. The van der Waals surface area contributed by atoms with Crippen molar-refractivity contribution in [3.63, 3.8) is 0 Å². The van der Waals surface area contributed by atoms with Crippen LogP contribution in [0.3, 0.4) is 0 Å². The summed E-state index contributed by atoms with van der Waals surface area (Å²) in [5, 5.41) is 5.50. The molecule has 0 aliphatic carbocycles. The number of aromatic nitrogens is 2. The highest BCUT2D eigenvalue weighted by Crippen LogP contribution is 2.39. The molecule has 1 N–H and O–H groups in total. The van der Waals surface area contributed by atoms with Crippen LogP contribution in [0.15, 0.2) is 42.9 Å². The van der Waals surface area contributed by atoms with Gasteiger partial charge in [0.15, 0.2) is 11.5 Å². The van der Waals surface area contributed by atoms with Gasteiger partial charge in [0.05, 0.1) is 14.2 Å². The third-order valence-electron chi connectivity index (χ3n) is 4.19. The molecule has 0 saturated heterocycles. The lowest BCUT2D eigenvalue weighted by molar-refractivity contribution is 0.356. The van der Waals surface area contributed by atoms with Gasteiger partial charge in [0, 0.05) is 41.6 Å². The summed E-state index contributed by atoms with van der Waals surface area (Å²) in [6.07, 6.45) is 7.73. The molecule has 5 nitrogen and oxygen atoms in total. The molecule has 130 valence electrons. The van der Waals surface area contributed by atoms with E-state index in [1.807, 2.05) is 36.7 Å². The molecule has 1 aromatic carbocycles. The topological polar surface area (TPSA) is 56.3 Å². The zero-order valence-corrected chi connectivity index (χ0v) is 14.9. The maximum Gasteiger partial charge on any atom is 0.161 e. The molecule has 0 saturated carbocycles. The summed E-state index contributed by atoms with van der Waals surface area (Å²) in [5.74, 6) is 2.25. The number of anilines is 1. The van der Waals surface area contributed by atoms with Crippen LogP contribution >= 0.6 is 0 Å². The number of hydrogen-bond donors (Lipinski definition) is 1. The summed E-state index contributed by atoms with van der Waals surface area (Å²) in [7, 11) is 3.29. The Morgan fingerprint density at radius 3 is 2.44 bits per heavy atom. The minimum atomic E-state index is 0.693. The molecule has 2 aromatic heterocycles. The van der Waals surface area contributed by atoms with Crippen LogP contribution in [-0.4, -0.2) is 30.7 Å². The molecule has 0 fully saturated rings. The monoisotopic (exact) mass is 337 g/mol. The van der Waals surface area contributed by atoms with Crippen molar-refractivity contribution in [3.8, 4) is 22.6 Å². The molecule has 0 spiro atoms. The fourth-order valence-corrected chi connectivity index (χ4v) is 2.84. The van der Waals surface area contributed by atoms with E-state index in [4.69, 9.17) is 9.47 Å². The van der Waals surface area contributed by atoms with Crippen molar-refractivity contribution in [2.75, 3.05) is 26.1 Å². The molecule has 5 heteroatoms. The van der Waals surface area contributed by atoms with Gasteiger partial charge in [-0.2, -0.15) is 0 Å².